The molecule has 2 aromatic heterocycles. The minimum Gasteiger partial charge on any atom is -0.490 e. The number of aliphatic imine (C=N–C) groups is 1. The number of allylic oxidation sites excluding steroid dienone is 1. The van der Waals surface area contributed by atoms with Gasteiger partial charge in [-0.25, -0.2) is 4.98 Å². The third-order valence-electron chi connectivity index (χ3n) is 3.74. The second kappa shape index (κ2) is 14.8. The Morgan fingerprint density at radius 3 is 2.47 bits per heavy atom. The van der Waals surface area contributed by atoms with Gasteiger partial charge in [-0.3, -0.25) is 9.98 Å². The zero-order chi connectivity index (χ0) is 23.9. The second-order valence-electron chi connectivity index (χ2n) is 5.57. The molecule has 0 atom stereocenters. The molecular formula is C23H24ClN5O2S. The number of nitrogens with zero attached hydrogens (tertiary/aromatic N) is 5. The van der Waals surface area contributed by atoms with Crippen LogP contribution in [0.25, 0.3) is 11.3 Å². The summed E-state index contributed by atoms with van der Waals surface area (Å²) < 4.78 is 10.5. The Hall–Kier alpha value is -3.17. The molecular weight excluding hydrogens is 446 g/mol. The van der Waals surface area contributed by atoms with E-state index in [0.29, 0.717) is 46.7 Å². The molecule has 0 spiro atoms. The Kier molecular flexibility index (Phi) is 12.4. The molecule has 0 saturated carbocycles. The standard InChI is InChI=1S/C21H18ClN5O2S.C2H6/c1-4-14(25-5-2)13-30-21-17(11-24)19(16(10-23)20(22)27-21)18-7-6-15(12-26-18)29-9-8-28-3;1-2/h4-7,12H,1-2,8-9,13H2,3H3;1-2H3. The van der Waals surface area contributed by atoms with E-state index in [2.05, 4.69) is 34.2 Å². The number of rotatable bonds is 10. The summed E-state index contributed by atoms with van der Waals surface area (Å²) in [6.45, 7) is 12.1. The van der Waals surface area contributed by atoms with Crippen LogP contribution in [0.5, 0.6) is 5.75 Å². The Morgan fingerprint density at radius 1 is 1.22 bits per heavy atom. The number of nitriles is 2. The van der Waals surface area contributed by atoms with Crippen LogP contribution in [0, 0.1) is 22.7 Å². The third-order valence-corrected chi connectivity index (χ3v) is 5.02. The number of hydrogen-bond donors (Lipinski definition) is 0. The lowest BCUT2D eigenvalue weighted by Crippen LogP contribution is -2.05. The van der Waals surface area contributed by atoms with Crippen molar-refractivity contribution in [3.05, 3.63) is 60.0 Å². The fourth-order valence-electron chi connectivity index (χ4n) is 2.37. The number of methoxy groups -OCH3 is 1. The molecule has 0 aromatic carbocycles. The highest BCUT2D eigenvalue weighted by Gasteiger charge is 2.22. The minimum absolute atomic E-state index is 0.00275. The van der Waals surface area contributed by atoms with Crippen LogP contribution in [0.2, 0.25) is 5.15 Å². The van der Waals surface area contributed by atoms with Gasteiger partial charge in [0.05, 0.1) is 29.8 Å². The summed E-state index contributed by atoms with van der Waals surface area (Å²) in [5.74, 6) is 0.942. The summed E-state index contributed by atoms with van der Waals surface area (Å²) in [5, 5.41) is 19.8. The molecule has 32 heavy (non-hydrogen) atoms. The van der Waals surface area contributed by atoms with Crippen LogP contribution in [-0.4, -0.2) is 41.8 Å². The average molecular weight is 470 g/mol. The van der Waals surface area contributed by atoms with Gasteiger partial charge in [0, 0.05) is 24.6 Å². The van der Waals surface area contributed by atoms with E-state index in [-0.39, 0.29) is 16.3 Å². The number of hydrogen-bond acceptors (Lipinski definition) is 8. The van der Waals surface area contributed by atoms with Crippen LogP contribution in [0.1, 0.15) is 25.0 Å². The van der Waals surface area contributed by atoms with Crippen molar-refractivity contribution in [3.8, 4) is 29.1 Å². The monoisotopic (exact) mass is 469 g/mol. The summed E-state index contributed by atoms with van der Waals surface area (Å²) in [7, 11) is 1.58. The maximum Gasteiger partial charge on any atom is 0.148 e. The van der Waals surface area contributed by atoms with E-state index in [1.54, 1.807) is 25.3 Å². The van der Waals surface area contributed by atoms with Gasteiger partial charge in [0.15, 0.2) is 0 Å². The highest BCUT2D eigenvalue weighted by atomic mass is 35.5. The zero-order valence-corrected chi connectivity index (χ0v) is 19.8. The Labute approximate surface area is 198 Å². The van der Waals surface area contributed by atoms with E-state index < -0.39 is 0 Å². The molecule has 9 heteroatoms. The lowest BCUT2D eigenvalue weighted by Gasteiger charge is -2.12. The van der Waals surface area contributed by atoms with Crippen LogP contribution in [0.3, 0.4) is 0 Å². The molecule has 0 aliphatic rings. The third kappa shape index (κ3) is 7.21. The first-order chi connectivity index (χ1) is 15.6. The average Bonchev–Trinajstić information content (AvgIpc) is 2.83. The van der Waals surface area contributed by atoms with E-state index in [0.717, 1.165) is 0 Å². The van der Waals surface area contributed by atoms with Crippen molar-refractivity contribution >= 4 is 29.1 Å². The first kappa shape index (κ1) is 26.9. The van der Waals surface area contributed by atoms with Crippen molar-refractivity contribution in [1.29, 1.82) is 10.5 Å². The van der Waals surface area contributed by atoms with Crippen molar-refractivity contribution in [2.24, 2.45) is 4.99 Å². The molecule has 7 nitrogen and oxygen atoms in total. The SMILES string of the molecule is C=CN=C(C=C)CSc1nc(Cl)c(C#N)c(-c2ccc(OCCOC)cn2)c1C#N.CC. The van der Waals surface area contributed by atoms with Gasteiger partial charge in [-0.1, -0.05) is 50.4 Å². The van der Waals surface area contributed by atoms with E-state index in [4.69, 9.17) is 21.1 Å². The molecule has 0 radical (unpaired) electrons. The fourth-order valence-corrected chi connectivity index (χ4v) is 3.56. The van der Waals surface area contributed by atoms with Gasteiger partial charge in [0.2, 0.25) is 0 Å². The molecule has 0 N–H and O–H groups in total. The summed E-state index contributed by atoms with van der Waals surface area (Å²) in [4.78, 5) is 12.7. The van der Waals surface area contributed by atoms with E-state index in [9.17, 15) is 10.5 Å². The normalized spacial score (nSPS) is 10.2. The van der Waals surface area contributed by atoms with Gasteiger partial charge in [0.25, 0.3) is 0 Å². The molecule has 0 fully saturated rings. The summed E-state index contributed by atoms with van der Waals surface area (Å²) in [6.07, 6.45) is 4.52. The number of pyridine rings is 2. The number of halogens is 1. The molecule has 0 aliphatic heterocycles. The minimum atomic E-state index is -0.00275. The predicted octanol–water partition coefficient (Wildman–Crippen LogP) is 5.45. The number of ether oxygens (including phenoxy) is 2. The summed E-state index contributed by atoms with van der Waals surface area (Å²) >= 11 is 7.51. The van der Waals surface area contributed by atoms with Gasteiger partial charge in [-0.05, 0) is 18.2 Å². The van der Waals surface area contributed by atoms with Crippen LogP contribution >= 0.6 is 23.4 Å². The summed E-state index contributed by atoms with van der Waals surface area (Å²) in [5.41, 5.74) is 1.70. The van der Waals surface area contributed by atoms with Crippen LogP contribution in [-0.2, 0) is 4.74 Å². The topological polar surface area (TPSA) is 104 Å². The molecule has 0 aliphatic carbocycles. The van der Waals surface area contributed by atoms with E-state index in [1.807, 2.05) is 19.9 Å². The van der Waals surface area contributed by atoms with Crippen molar-refractivity contribution in [2.45, 2.75) is 18.9 Å². The maximum atomic E-state index is 9.81. The van der Waals surface area contributed by atoms with Gasteiger partial charge < -0.3 is 9.47 Å². The van der Waals surface area contributed by atoms with Crippen molar-refractivity contribution < 1.29 is 9.47 Å². The molecule has 166 valence electrons. The zero-order valence-electron chi connectivity index (χ0n) is 18.3. The van der Waals surface area contributed by atoms with E-state index >= 15 is 0 Å². The van der Waals surface area contributed by atoms with E-state index in [1.165, 1.54) is 24.2 Å². The molecule has 2 aromatic rings. The summed E-state index contributed by atoms with van der Waals surface area (Å²) in [6, 6.07) is 7.52. The van der Waals surface area contributed by atoms with Gasteiger partial charge in [-0.15, -0.1) is 0 Å². The van der Waals surface area contributed by atoms with Crippen molar-refractivity contribution in [2.75, 3.05) is 26.1 Å². The predicted molar refractivity (Wildman–Crippen MR) is 129 cm³/mol. The number of aromatic nitrogens is 2. The molecule has 0 unspecified atom stereocenters. The molecule has 2 heterocycles. The van der Waals surface area contributed by atoms with Crippen LogP contribution < -0.4 is 4.74 Å². The molecule has 2 rings (SSSR count). The quantitative estimate of drug-likeness (QED) is 0.197. The smallest absolute Gasteiger partial charge is 0.148 e. The Bertz CT molecular complexity index is 1040. The van der Waals surface area contributed by atoms with Crippen LogP contribution in [0.15, 0.2) is 53.8 Å². The van der Waals surface area contributed by atoms with Crippen molar-refractivity contribution in [3.63, 3.8) is 0 Å². The highest BCUT2D eigenvalue weighted by Crippen LogP contribution is 2.36. The highest BCUT2D eigenvalue weighted by molar-refractivity contribution is 8.00. The second-order valence-corrected chi connectivity index (χ2v) is 6.89. The Morgan fingerprint density at radius 2 is 1.94 bits per heavy atom. The van der Waals surface area contributed by atoms with Gasteiger partial charge in [0.1, 0.15) is 40.2 Å². The molecule has 0 amide bonds. The first-order valence-electron chi connectivity index (χ1n) is 9.64. The number of thioether (sulfide) groups is 1. The Balaban J connectivity index is 0.00000249. The van der Waals surface area contributed by atoms with Gasteiger partial charge >= 0.3 is 0 Å². The lowest BCUT2D eigenvalue weighted by molar-refractivity contribution is 0.146. The lowest BCUT2D eigenvalue weighted by atomic mass is 10.0. The largest absolute Gasteiger partial charge is 0.490 e. The fraction of sp³-hybridized carbons (Fsp3) is 0.261. The van der Waals surface area contributed by atoms with Crippen LogP contribution in [0.4, 0.5) is 0 Å². The first-order valence-corrected chi connectivity index (χ1v) is 11.0. The molecule has 0 saturated heterocycles. The maximum absolute atomic E-state index is 9.81. The van der Waals surface area contributed by atoms with Crippen molar-refractivity contribution in [1.82, 2.24) is 9.97 Å². The van der Waals surface area contributed by atoms with Gasteiger partial charge in [-0.2, -0.15) is 10.5 Å². The molecule has 0 bridgehead atoms.